The lowest BCUT2D eigenvalue weighted by Crippen LogP contribution is -2.60. The number of nitrogens with one attached hydrogen (secondary N) is 1. The molecule has 0 aliphatic carbocycles. The molecule has 1 rings (SSSR count). The van der Waals surface area contributed by atoms with Gasteiger partial charge >= 0.3 is 0 Å². The van der Waals surface area contributed by atoms with E-state index in [0.29, 0.717) is 12.8 Å². The highest BCUT2D eigenvalue weighted by Crippen LogP contribution is 2.23. The molecule has 0 saturated carbocycles. The van der Waals surface area contributed by atoms with Crippen LogP contribution in [0.25, 0.3) is 0 Å². The van der Waals surface area contributed by atoms with Gasteiger partial charge in [-0.05, 0) is 12.8 Å². The number of unbranched alkanes of at least 4 members (excludes halogenated alkanes) is 35. The standard InChI is InChI=1S/C51H101NO8/c1-3-5-7-9-11-12-13-14-15-16-17-18-19-20-21-22-23-24-25-26-27-28-29-30-31-32-33-35-37-39-41-47(55)52-44(45(54)40-38-36-34-10-8-6-4-2)43-59-51-50(58)49(57)48(56)46(42-53)60-51/h44-46,48-51,53-54,56-58H,3-43H2,1-2H3,(H,52,55). The van der Waals surface area contributed by atoms with Gasteiger partial charge in [-0.1, -0.05) is 245 Å². The molecule has 1 saturated heterocycles. The van der Waals surface area contributed by atoms with Crippen LogP contribution in [0.4, 0.5) is 0 Å². The maximum absolute atomic E-state index is 12.9. The number of aliphatic hydroxyl groups excluding tert-OH is 5. The van der Waals surface area contributed by atoms with Crippen LogP contribution in [0.2, 0.25) is 0 Å². The first-order valence-electron chi connectivity index (χ1n) is 26.2. The van der Waals surface area contributed by atoms with E-state index in [1.807, 2.05) is 0 Å². The number of ether oxygens (including phenoxy) is 2. The summed E-state index contributed by atoms with van der Waals surface area (Å²) in [6, 6.07) is -0.710. The van der Waals surface area contributed by atoms with Crippen molar-refractivity contribution in [3.63, 3.8) is 0 Å². The zero-order chi connectivity index (χ0) is 43.7. The fraction of sp³-hybridized carbons (Fsp3) is 0.980. The smallest absolute Gasteiger partial charge is 0.220 e. The molecule has 358 valence electrons. The molecule has 1 amide bonds. The minimum absolute atomic E-state index is 0.133. The molecule has 0 aromatic heterocycles. The van der Waals surface area contributed by atoms with Crippen LogP contribution in [-0.4, -0.2) is 87.5 Å². The zero-order valence-corrected chi connectivity index (χ0v) is 39.5. The van der Waals surface area contributed by atoms with Crippen LogP contribution in [0.3, 0.4) is 0 Å². The van der Waals surface area contributed by atoms with Crippen molar-refractivity contribution in [2.45, 2.75) is 307 Å². The van der Waals surface area contributed by atoms with Gasteiger partial charge in [0.2, 0.25) is 5.91 Å². The van der Waals surface area contributed by atoms with Crippen LogP contribution in [0.1, 0.15) is 264 Å². The molecule has 1 heterocycles. The Labute approximate surface area is 370 Å². The molecular formula is C51H101NO8. The predicted octanol–water partition coefficient (Wildman–Crippen LogP) is 11.9. The highest BCUT2D eigenvalue weighted by Gasteiger charge is 2.44. The Morgan fingerprint density at radius 2 is 0.833 bits per heavy atom. The molecule has 7 unspecified atom stereocenters. The maximum atomic E-state index is 12.9. The summed E-state index contributed by atoms with van der Waals surface area (Å²) in [6.07, 6.45) is 41.8. The number of carbonyl (C=O) groups is 1. The van der Waals surface area contributed by atoms with Crippen LogP contribution in [0, 0.1) is 0 Å². The summed E-state index contributed by atoms with van der Waals surface area (Å²) >= 11 is 0. The van der Waals surface area contributed by atoms with Crippen LogP contribution < -0.4 is 5.32 Å². The summed E-state index contributed by atoms with van der Waals surface area (Å²) in [4.78, 5) is 12.9. The van der Waals surface area contributed by atoms with Gasteiger partial charge in [0.25, 0.3) is 0 Å². The number of rotatable bonds is 45. The van der Waals surface area contributed by atoms with E-state index < -0.39 is 49.5 Å². The lowest BCUT2D eigenvalue weighted by molar-refractivity contribution is -0.302. The second kappa shape index (κ2) is 42.2. The molecule has 6 N–H and O–H groups in total. The third kappa shape index (κ3) is 31.9. The Bertz CT molecular complexity index is 908. The minimum Gasteiger partial charge on any atom is -0.394 e. The van der Waals surface area contributed by atoms with Gasteiger partial charge in [-0.3, -0.25) is 4.79 Å². The highest BCUT2D eigenvalue weighted by atomic mass is 16.7. The van der Waals surface area contributed by atoms with Crippen molar-refractivity contribution in [1.29, 1.82) is 0 Å². The monoisotopic (exact) mass is 856 g/mol. The van der Waals surface area contributed by atoms with Gasteiger partial charge in [-0.25, -0.2) is 0 Å². The predicted molar refractivity (Wildman–Crippen MR) is 249 cm³/mol. The second-order valence-electron chi connectivity index (χ2n) is 18.7. The van der Waals surface area contributed by atoms with Gasteiger partial charge in [0.1, 0.15) is 24.4 Å². The van der Waals surface area contributed by atoms with Crippen LogP contribution >= 0.6 is 0 Å². The molecule has 9 nitrogen and oxygen atoms in total. The largest absolute Gasteiger partial charge is 0.394 e. The Balaban J connectivity index is 2.04. The summed E-state index contributed by atoms with van der Waals surface area (Å²) < 4.78 is 11.2. The zero-order valence-electron chi connectivity index (χ0n) is 39.5. The number of carbonyl (C=O) groups excluding carboxylic acids is 1. The molecule has 1 aliphatic rings. The van der Waals surface area contributed by atoms with Gasteiger partial charge < -0.3 is 40.3 Å². The van der Waals surface area contributed by atoms with E-state index in [2.05, 4.69) is 19.2 Å². The normalized spacial score (nSPS) is 20.4. The molecule has 1 aliphatic heterocycles. The second-order valence-corrected chi connectivity index (χ2v) is 18.7. The number of hydrogen-bond acceptors (Lipinski definition) is 8. The van der Waals surface area contributed by atoms with E-state index in [1.165, 1.54) is 199 Å². The molecular weight excluding hydrogens is 755 g/mol. The molecule has 1 fully saturated rings. The topological polar surface area (TPSA) is 149 Å². The van der Waals surface area contributed by atoms with Crippen LogP contribution in [0.15, 0.2) is 0 Å². The van der Waals surface area contributed by atoms with Gasteiger partial charge in [0.05, 0.1) is 25.4 Å². The first-order chi connectivity index (χ1) is 29.3. The Hall–Kier alpha value is -0.810. The SMILES string of the molecule is CCCCCCCCCCCCCCCCCCCCCCCCCCCCCCCCC(=O)NC(COC1OC(CO)C(O)C(O)C1O)C(O)CCCCCCCCC. The van der Waals surface area contributed by atoms with Crippen molar-refractivity contribution >= 4 is 5.91 Å². The van der Waals surface area contributed by atoms with Crippen molar-refractivity contribution < 1.29 is 39.8 Å². The van der Waals surface area contributed by atoms with Crippen molar-refractivity contribution in [3.05, 3.63) is 0 Å². The van der Waals surface area contributed by atoms with E-state index in [0.717, 1.165) is 38.5 Å². The first-order valence-corrected chi connectivity index (χ1v) is 26.2. The van der Waals surface area contributed by atoms with E-state index in [1.54, 1.807) is 0 Å². The molecule has 0 aromatic carbocycles. The van der Waals surface area contributed by atoms with E-state index in [9.17, 15) is 30.3 Å². The van der Waals surface area contributed by atoms with Crippen LogP contribution in [0.5, 0.6) is 0 Å². The number of amides is 1. The maximum Gasteiger partial charge on any atom is 0.220 e. The van der Waals surface area contributed by atoms with Gasteiger partial charge in [0.15, 0.2) is 6.29 Å². The fourth-order valence-electron chi connectivity index (χ4n) is 8.75. The Kier molecular flexibility index (Phi) is 40.2. The summed E-state index contributed by atoms with van der Waals surface area (Å²) in [5, 5.41) is 54.1. The minimum atomic E-state index is -1.55. The molecule has 0 radical (unpaired) electrons. The van der Waals surface area contributed by atoms with Gasteiger partial charge in [-0.15, -0.1) is 0 Å². The highest BCUT2D eigenvalue weighted by molar-refractivity contribution is 5.76. The average molecular weight is 856 g/mol. The van der Waals surface area contributed by atoms with Crippen LogP contribution in [-0.2, 0) is 14.3 Å². The molecule has 60 heavy (non-hydrogen) atoms. The lowest BCUT2D eigenvalue weighted by Gasteiger charge is -2.40. The quantitative estimate of drug-likeness (QED) is 0.0332. The summed E-state index contributed by atoms with van der Waals surface area (Å²) in [5.41, 5.74) is 0. The first kappa shape index (κ1) is 57.2. The van der Waals surface area contributed by atoms with Crippen molar-refractivity contribution in [3.8, 4) is 0 Å². The van der Waals surface area contributed by atoms with Gasteiger partial charge in [-0.2, -0.15) is 0 Å². The van der Waals surface area contributed by atoms with Gasteiger partial charge in [0, 0.05) is 6.42 Å². The molecule has 0 aromatic rings. The summed E-state index contributed by atoms with van der Waals surface area (Å²) in [7, 11) is 0. The molecule has 9 heteroatoms. The van der Waals surface area contributed by atoms with Crippen molar-refractivity contribution in [2.75, 3.05) is 13.2 Å². The number of hydrogen-bond donors (Lipinski definition) is 6. The Morgan fingerprint density at radius 3 is 1.18 bits per heavy atom. The third-order valence-corrected chi connectivity index (χ3v) is 13.0. The molecule has 7 atom stereocenters. The summed E-state index contributed by atoms with van der Waals surface area (Å²) in [5.74, 6) is -0.142. The van der Waals surface area contributed by atoms with Crippen molar-refractivity contribution in [1.82, 2.24) is 5.32 Å². The van der Waals surface area contributed by atoms with Crippen molar-refractivity contribution in [2.24, 2.45) is 0 Å². The molecule has 0 bridgehead atoms. The average Bonchev–Trinajstić information content (AvgIpc) is 3.25. The third-order valence-electron chi connectivity index (χ3n) is 13.0. The fourth-order valence-corrected chi connectivity index (χ4v) is 8.75. The Morgan fingerprint density at radius 1 is 0.500 bits per heavy atom. The van der Waals surface area contributed by atoms with E-state index in [4.69, 9.17) is 9.47 Å². The summed E-state index contributed by atoms with van der Waals surface area (Å²) in [6.45, 7) is 3.81. The van der Waals surface area contributed by atoms with E-state index in [-0.39, 0.29) is 12.5 Å². The van der Waals surface area contributed by atoms with E-state index >= 15 is 0 Å². The molecule has 0 spiro atoms. The number of aliphatic hydroxyl groups is 5. The lowest BCUT2D eigenvalue weighted by atomic mass is 9.99.